The Labute approximate surface area is 122 Å². The fourth-order valence-corrected chi connectivity index (χ4v) is 2.76. The van der Waals surface area contributed by atoms with Gasteiger partial charge in [0.15, 0.2) is 0 Å². The summed E-state index contributed by atoms with van der Waals surface area (Å²) in [6, 6.07) is 9.86. The van der Waals surface area contributed by atoms with E-state index < -0.39 is 10.0 Å². The van der Waals surface area contributed by atoms with Crippen LogP contribution in [0.5, 0.6) is 0 Å². The molecule has 0 radical (unpaired) electrons. The van der Waals surface area contributed by atoms with E-state index in [2.05, 4.69) is 5.32 Å². The third-order valence-corrected chi connectivity index (χ3v) is 4.28. The zero-order chi connectivity index (χ0) is 15.0. The number of carbonyl (C=O) groups excluding carboxylic acids is 1. The largest absolute Gasteiger partial charge is 0.340 e. The number of nitrogens with two attached hydrogens (primary N) is 1. The SMILES string of the molecule is NS(=O)(=O)c1cccc(NC(=O)c2cccn2C2CC2)c1. The number of primary sulfonamides is 1. The highest BCUT2D eigenvalue weighted by Crippen LogP contribution is 2.36. The smallest absolute Gasteiger partial charge is 0.272 e. The number of nitrogens with zero attached hydrogens (tertiary/aromatic N) is 1. The Morgan fingerprint density at radius 3 is 2.67 bits per heavy atom. The van der Waals surface area contributed by atoms with Gasteiger partial charge in [-0.15, -0.1) is 0 Å². The van der Waals surface area contributed by atoms with Crippen molar-refractivity contribution in [3.05, 3.63) is 48.3 Å². The van der Waals surface area contributed by atoms with Crippen LogP contribution in [-0.4, -0.2) is 18.9 Å². The molecule has 1 amide bonds. The fourth-order valence-electron chi connectivity index (χ4n) is 2.20. The Bertz CT molecular complexity index is 791. The molecule has 1 aromatic carbocycles. The minimum Gasteiger partial charge on any atom is -0.340 e. The van der Waals surface area contributed by atoms with Gasteiger partial charge < -0.3 is 9.88 Å². The minimum absolute atomic E-state index is 0.0297. The lowest BCUT2D eigenvalue weighted by Crippen LogP contribution is -2.17. The first-order valence-corrected chi connectivity index (χ1v) is 8.11. The van der Waals surface area contributed by atoms with Crippen molar-refractivity contribution in [2.24, 2.45) is 5.14 Å². The second-order valence-electron chi connectivity index (χ2n) is 5.06. The number of anilines is 1. The van der Waals surface area contributed by atoms with Crippen molar-refractivity contribution in [3.8, 4) is 0 Å². The van der Waals surface area contributed by atoms with Gasteiger partial charge in [0, 0.05) is 17.9 Å². The topological polar surface area (TPSA) is 94.2 Å². The monoisotopic (exact) mass is 305 g/mol. The van der Waals surface area contributed by atoms with Crippen molar-refractivity contribution in [3.63, 3.8) is 0 Å². The van der Waals surface area contributed by atoms with Crippen LogP contribution in [0, 0.1) is 0 Å². The second kappa shape index (κ2) is 5.01. The molecular weight excluding hydrogens is 290 g/mol. The Kier molecular flexibility index (Phi) is 3.30. The van der Waals surface area contributed by atoms with Gasteiger partial charge >= 0.3 is 0 Å². The lowest BCUT2D eigenvalue weighted by atomic mass is 10.3. The standard InChI is InChI=1S/C14H15N3O3S/c15-21(19,20)12-4-1-3-10(9-12)16-14(18)13-5-2-8-17(13)11-6-7-11/h1-5,8-9,11H,6-7H2,(H,16,18)(H2,15,19,20). The van der Waals surface area contributed by atoms with Gasteiger partial charge in [0.05, 0.1) is 4.90 Å². The van der Waals surface area contributed by atoms with Crippen molar-refractivity contribution < 1.29 is 13.2 Å². The molecule has 0 saturated heterocycles. The summed E-state index contributed by atoms with van der Waals surface area (Å²) in [4.78, 5) is 12.2. The quantitative estimate of drug-likeness (QED) is 0.900. The number of benzene rings is 1. The predicted molar refractivity (Wildman–Crippen MR) is 78.5 cm³/mol. The van der Waals surface area contributed by atoms with Crippen molar-refractivity contribution in [2.75, 3.05) is 5.32 Å². The molecule has 1 aromatic heterocycles. The zero-order valence-electron chi connectivity index (χ0n) is 11.2. The zero-order valence-corrected chi connectivity index (χ0v) is 12.0. The highest BCUT2D eigenvalue weighted by atomic mass is 32.2. The molecule has 7 heteroatoms. The molecule has 1 saturated carbocycles. The van der Waals surface area contributed by atoms with Gasteiger partial charge in [0.2, 0.25) is 10.0 Å². The van der Waals surface area contributed by atoms with Crippen LogP contribution in [0.4, 0.5) is 5.69 Å². The van der Waals surface area contributed by atoms with Crippen LogP contribution in [0.25, 0.3) is 0 Å². The Balaban J connectivity index is 1.83. The van der Waals surface area contributed by atoms with Crippen LogP contribution in [0.15, 0.2) is 47.5 Å². The van der Waals surface area contributed by atoms with E-state index in [9.17, 15) is 13.2 Å². The number of aromatic nitrogens is 1. The molecule has 110 valence electrons. The third-order valence-electron chi connectivity index (χ3n) is 3.37. The van der Waals surface area contributed by atoms with E-state index in [0.29, 0.717) is 17.4 Å². The average molecular weight is 305 g/mol. The van der Waals surface area contributed by atoms with Crippen molar-refractivity contribution in [2.45, 2.75) is 23.8 Å². The summed E-state index contributed by atoms with van der Waals surface area (Å²) in [5.74, 6) is -0.265. The van der Waals surface area contributed by atoms with E-state index in [-0.39, 0.29) is 10.8 Å². The van der Waals surface area contributed by atoms with Gasteiger partial charge in [-0.1, -0.05) is 6.07 Å². The molecule has 0 bridgehead atoms. The summed E-state index contributed by atoms with van der Waals surface area (Å²) in [5.41, 5.74) is 0.966. The van der Waals surface area contributed by atoms with E-state index >= 15 is 0 Å². The van der Waals surface area contributed by atoms with Crippen LogP contribution in [0.3, 0.4) is 0 Å². The van der Waals surface area contributed by atoms with E-state index in [4.69, 9.17) is 5.14 Å². The highest BCUT2D eigenvalue weighted by molar-refractivity contribution is 7.89. The molecule has 0 unspecified atom stereocenters. The second-order valence-corrected chi connectivity index (χ2v) is 6.62. The molecule has 3 N–H and O–H groups in total. The molecule has 1 aliphatic rings. The maximum absolute atomic E-state index is 12.3. The molecular formula is C14H15N3O3S. The van der Waals surface area contributed by atoms with E-state index in [1.807, 2.05) is 16.8 Å². The summed E-state index contributed by atoms with van der Waals surface area (Å²) in [7, 11) is -3.78. The molecule has 6 nitrogen and oxygen atoms in total. The normalized spacial score (nSPS) is 14.9. The van der Waals surface area contributed by atoms with Crippen LogP contribution in [0.2, 0.25) is 0 Å². The number of carbonyl (C=O) groups is 1. The van der Waals surface area contributed by atoms with E-state index in [1.165, 1.54) is 18.2 Å². The van der Waals surface area contributed by atoms with Gasteiger partial charge in [-0.05, 0) is 43.2 Å². The predicted octanol–water partition coefficient (Wildman–Crippen LogP) is 1.72. The summed E-state index contributed by atoms with van der Waals surface area (Å²) >= 11 is 0. The molecule has 1 aliphatic carbocycles. The first-order chi connectivity index (χ1) is 9.95. The molecule has 21 heavy (non-hydrogen) atoms. The summed E-state index contributed by atoms with van der Waals surface area (Å²) in [6.07, 6.45) is 4.04. The average Bonchev–Trinajstić information content (AvgIpc) is 3.15. The fraction of sp³-hybridized carbons (Fsp3) is 0.214. The number of amides is 1. The van der Waals surface area contributed by atoms with E-state index in [1.54, 1.807) is 12.1 Å². The summed E-state index contributed by atoms with van der Waals surface area (Å²) in [5, 5.41) is 7.78. The van der Waals surface area contributed by atoms with Crippen molar-refractivity contribution in [1.29, 1.82) is 0 Å². The highest BCUT2D eigenvalue weighted by Gasteiger charge is 2.26. The summed E-state index contributed by atoms with van der Waals surface area (Å²) in [6.45, 7) is 0. The third kappa shape index (κ3) is 2.98. The van der Waals surface area contributed by atoms with Gasteiger partial charge in [-0.2, -0.15) is 0 Å². The van der Waals surface area contributed by atoms with Crippen LogP contribution >= 0.6 is 0 Å². The number of hydrogen-bond donors (Lipinski definition) is 2. The van der Waals surface area contributed by atoms with E-state index in [0.717, 1.165) is 12.8 Å². The molecule has 0 aliphatic heterocycles. The lowest BCUT2D eigenvalue weighted by Gasteiger charge is -2.09. The summed E-state index contributed by atoms with van der Waals surface area (Å²) < 4.78 is 24.6. The molecule has 2 aromatic rings. The molecule has 3 rings (SSSR count). The van der Waals surface area contributed by atoms with Crippen LogP contribution in [0.1, 0.15) is 29.4 Å². The van der Waals surface area contributed by atoms with Crippen molar-refractivity contribution in [1.82, 2.24) is 4.57 Å². The minimum atomic E-state index is -3.78. The number of sulfonamides is 1. The van der Waals surface area contributed by atoms with Crippen LogP contribution < -0.4 is 10.5 Å². The van der Waals surface area contributed by atoms with Gasteiger partial charge in [-0.3, -0.25) is 4.79 Å². The Morgan fingerprint density at radius 1 is 1.24 bits per heavy atom. The number of nitrogens with one attached hydrogen (secondary N) is 1. The first-order valence-electron chi connectivity index (χ1n) is 6.56. The van der Waals surface area contributed by atoms with Gasteiger partial charge in [0.1, 0.15) is 5.69 Å². The number of hydrogen-bond acceptors (Lipinski definition) is 3. The molecule has 1 fully saturated rings. The van der Waals surface area contributed by atoms with Gasteiger partial charge in [-0.25, -0.2) is 13.6 Å². The molecule has 1 heterocycles. The molecule has 0 atom stereocenters. The number of rotatable bonds is 4. The van der Waals surface area contributed by atoms with Crippen LogP contribution in [-0.2, 0) is 10.0 Å². The first kappa shape index (κ1) is 13.8. The Morgan fingerprint density at radius 2 is 2.00 bits per heavy atom. The Hall–Kier alpha value is -2.12. The van der Waals surface area contributed by atoms with Gasteiger partial charge in [0.25, 0.3) is 5.91 Å². The maximum Gasteiger partial charge on any atom is 0.272 e. The van der Waals surface area contributed by atoms with Crippen molar-refractivity contribution >= 4 is 21.6 Å². The molecule has 0 spiro atoms. The lowest BCUT2D eigenvalue weighted by molar-refractivity contribution is 0.101. The maximum atomic E-state index is 12.3.